The predicted molar refractivity (Wildman–Crippen MR) is 124 cm³/mol. The lowest BCUT2D eigenvalue weighted by Crippen LogP contribution is -2.47. The highest BCUT2D eigenvalue weighted by atomic mass is 16.4. The molecule has 3 rings (SSSR count). The molecule has 4 unspecified atom stereocenters. The number of carboxylic acids is 2. The Kier molecular flexibility index (Phi) is 7.35. The Labute approximate surface area is 196 Å². The molecule has 2 aromatic rings. The third-order valence-corrected chi connectivity index (χ3v) is 5.93. The van der Waals surface area contributed by atoms with Crippen molar-refractivity contribution in [2.45, 2.75) is 12.8 Å². The number of hydrogen-bond acceptors (Lipinski definition) is 4. The molecule has 0 saturated heterocycles. The van der Waals surface area contributed by atoms with Gasteiger partial charge in [-0.15, -0.1) is 12.8 Å². The molecular formula is C26H22N2O6. The van der Waals surface area contributed by atoms with Crippen LogP contribution in [0, 0.1) is 48.4 Å². The number of carbonyl (C=O) groups excluding carboxylic acids is 2. The number of rotatable bonds is 6. The Morgan fingerprint density at radius 3 is 1.26 bits per heavy atom. The Bertz CT molecular complexity index is 1090. The molecule has 0 aromatic heterocycles. The van der Waals surface area contributed by atoms with E-state index in [1.807, 2.05) is 0 Å². The molecule has 1 aliphatic carbocycles. The van der Waals surface area contributed by atoms with Crippen LogP contribution in [0.5, 0.6) is 0 Å². The predicted octanol–water partition coefficient (Wildman–Crippen LogP) is 2.65. The number of benzene rings is 2. The van der Waals surface area contributed by atoms with Crippen LogP contribution >= 0.6 is 0 Å². The van der Waals surface area contributed by atoms with E-state index in [4.69, 9.17) is 12.8 Å². The van der Waals surface area contributed by atoms with E-state index in [0.29, 0.717) is 22.5 Å². The smallest absolute Gasteiger partial charge is 0.307 e. The van der Waals surface area contributed by atoms with Gasteiger partial charge in [0.15, 0.2) is 0 Å². The van der Waals surface area contributed by atoms with Gasteiger partial charge in [-0.1, -0.05) is 11.8 Å². The summed E-state index contributed by atoms with van der Waals surface area (Å²) in [5, 5.41) is 24.7. The summed E-state index contributed by atoms with van der Waals surface area (Å²) in [4.78, 5) is 49.8. The number of nitrogens with one attached hydrogen (secondary N) is 2. The summed E-state index contributed by atoms with van der Waals surface area (Å²) in [6.07, 6.45) is 10.1. The summed E-state index contributed by atoms with van der Waals surface area (Å²) in [5.74, 6) is -3.64. The van der Waals surface area contributed by atoms with E-state index in [2.05, 4.69) is 22.5 Å². The van der Waals surface area contributed by atoms with Gasteiger partial charge in [0, 0.05) is 22.5 Å². The Morgan fingerprint density at radius 1 is 0.647 bits per heavy atom. The molecule has 1 aliphatic rings. The third-order valence-electron chi connectivity index (χ3n) is 5.93. The van der Waals surface area contributed by atoms with Crippen LogP contribution in [0.15, 0.2) is 48.5 Å². The van der Waals surface area contributed by atoms with Gasteiger partial charge in [0.1, 0.15) is 0 Å². The number of amides is 2. The van der Waals surface area contributed by atoms with Crippen molar-refractivity contribution in [1.29, 1.82) is 0 Å². The van der Waals surface area contributed by atoms with Gasteiger partial charge in [-0.05, 0) is 61.4 Å². The molecule has 4 atom stereocenters. The zero-order valence-corrected chi connectivity index (χ0v) is 18.0. The van der Waals surface area contributed by atoms with E-state index >= 15 is 0 Å². The summed E-state index contributed by atoms with van der Waals surface area (Å²) in [6.45, 7) is 0. The largest absolute Gasteiger partial charge is 0.481 e. The average Bonchev–Trinajstić information content (AvgIpc) is 2.83. The standard InChI is InChI=1S/C26H22N2O6/c1-3-15-5-9-17(10-6-15)27-23(29)19-13-20(22(26(33)34)14-21(19)25(31)32)24(30)28-18-11-7-16(4-2)8-12-18/h1-2,5-12,19-22H,13-14H2,(H,27,29)(H,28,30)(H,31,32)(H,33,34). The van der Waals surface area contributed by atoms with Crippen molar-refractivity contribution < 1.29 is 29.4 Å². The molecular weight excluding hydrogens is 436 g/mol. The summed E-state index contributed by atoms with van der Waals surface area (Å²) in [5.41, 5.74) is 2.02. The second-order valence-electron chi connectivity index (χ2n) is 8.00. The first-order valence-corrected chi connectivity index (χ1v) is 10.4. The normalized spacial score (nSPS) is 21.4. The minimum Gasteiger partial charge on any atom is -0.481 e. The van der Waals surface area contributed by atoms with Crippen molar-refractivity contribution in [2.24, 2.45) is 23.7 Å². The molecule has 0 spiro atoms. The van der Waals surface area contributed by atoms with Gasteiger partial charge in [-0.2, -0.15) is 0 Å². The van der Waals surface area contributed by atoms with Crippen molar-refractivity contribution in [3.63, 3.8) is 0 Å². The summed E-state index contributed by atoms with van der Waals surface area (Å²) >= 11 is 0. The second kappa shape index (κ2) is 10.4. The number of carbonyl (C=O) groups is 4. The van der Waals surface area contributed by atoms with Crippen LogP contribution in [-0.4, -0.2) is 34.0 Å². The van der Waals surface area contributed by atoms with Crippen molar-refractivity contribution in [3.05, 3.63) is 59.7 Å². The number of carboxylic acid groups (broad SMARTS) is 2. The van der Waals surface area contributed by atoms with E-state index in [0.717, 1.165) is 0 Å². The van der Waals surface area contributed by atoms with Crippen LogP contribution in [-0.2, 0) is 19.2 Å². The molecule has 2 amide bonds. The van der Waals surface area contributed by atoms with Gasteiger partial charge >= 0.3 is 11.9 Å². The number of terminal acetylenes is 2. The lowest BCUT2D eigenvalue weighted by atomic mass is 9.67. The number of anilines is 2. The minimum absolute atomic E-state index is 0.240. The van der Waals surface area contributed by atoms with E-state index in [1.54, 1.807) is 48.5 Å². The molecule has 0 bridgehead atoms. The van der Waals surface area contributed by atoms with E-state index in [9.17, 15) is 29.4 Å². The van der Waals surface area contributed by atoms with Gasteiger partial charge in [0.25, 0.3) is 0 Å². The fourth-order valence-electron chi connectivity index (χ4n) is 4.10. The van der Waals surface area contributed by atoms with Crippen molar-refractivity contribution in [1.82, 2.24) is 0 Å². The second-order valence-corrected chi connectivity index (χ2v) is 8.00. The van der Waals surface area contributed by atoms with Gasteiger partial charge in [-0.3, -0.25) is 19.2 Å². The van der Waals surface area contributed by atoms with E-state index in [-0.39, 0.29) is 12.8 Å². The van der Waals surface area contributed by atoms with Gasteiger partial charge < -0.3 is 20.8 Å². The number of hydrogen-bond donors (Lipinski definition) is 4. The molecule has 0 heterocycles. The van der Waals surface area contributed by atoms with Crippen molar-refractivity contribution in [3.8, 4) is 24.7 Å². The molecule has 8 nitrogen and oxygen atoms in total. The van der Waals surface area contributed by atoms with Gasteiger partial charge in [0.05, 0.1) is 23.7 Å². The first kappa shape index (κ1) is 24.1. The SMILES string of the molecule is C#Cc1ccc(NC(=O)C2CC(C(=O)Nc3ccc(C#C)cc3)C(C(=O)O)CC2C(=O)O)cc1. The molecule has 1 fully saturated rings. The fraction of sp³-hybridized carbons (Fsp3) is 0.231. The molecule has 2 aromatic carbocycles. The highest BCUT2D eigenvalue weighted by Gasteiger charge is 2.49. The fourth-order valence-corrected chi connectivity index (χ4v) is 4.10. The first-order valence-electron chi connectivity index (χ1n) is 10.4. The Morgan fingerprint density at radius 2 is 0.971 bits per heavy atom. The Balaban J connectivity index is 1.83. The first-order chi connectivity index (χ1) is 16.2. The maximum atomic E-state index is 13.0. The topological polar surface area (TPSA) is 133 Å². The van der Waals surface area contributed by atoms with E-state index < -0.39 is 47.4 Å². The zero-order valence-electron chi connectivity index (χ0n) is 18.0. The molecule has 1 saturated carbocycles. The quantitative estimate of drug-likeness (QED) is 0.492. The molecule has 8 heteroatoms. The molecule has 0 aliphatic heterocycles. The van der Waals surface area contributed by atoms with E-state index in [1.165, 1.54) is 0 Å². The van der Waals surface area contributed by atoms with Crippen LogP contribution in [0.2, 0.25) is 0 Å². The summed E-state index contributed by atoms with van der Waals surface area (Å²) < 4.78 is 0. The highest BCUT2D eigenvalue weighted by molar-refractivity contribution is 5.99. The Hall–Kier alpha value is -4.56. The van der Waals surface area contributed by atoms with Crippen LogP contribution in [0.4, 0.5) is 11.4 Å². The maximum Gasteiger partial charge on any atom is 0.307 e. The maximum absolute atomic E-state index is 13.0. The lowest BCUT2D eigenvalue weighted by Gasteiger charge is -2.36. The summed E-state index contributed by atoms with van der Waals surface area (Å²) in [7, 11) is 0. The van der Waals surface area contributed by atoms with Gasteiger partial charge in [-0.25, -0.2) is 0 Å². The van der Waals surface area contributed by atoms with Gasteiger partial charge in [0.2, 0.25) is 11.8 Å². The average molecular weight is 458 g/mol. The van der Waals surface area contributed by atoms with Crippen LogP contribution in [0.25, 0.3) is 0 Å². The molecule has 0 radical (unpaired) electrons. The van der Waals surface area contributed by atoms with Crippen LogP contribution < -0.4 is 10.6 Å². The third kappa shape index (κ3) is 5.43. The zero-order chi connectivity index (χ0) is 24.8. The molecule has 172 valence electrons. The number of aliphatic carboxylic acids is 2. The lowest BCUT2D eigenvalue weighted by molar-refractivity contribution is -0.157. The highest BCUT2D eigenvalue weighted by Crippen LogP contribution is 2.40. The monoisotopic (exact) mass is 458 g/mol. The molecule has 34 heavy (non-hydrogen) atoms. The minimum atomic E-state index is -1.29. The van der Waals surface area contributed by atoms with Crippen molar-refractivity contribution >= 4 is 35.1 Å². The van der Waals surface area contributed by atoms with Crippen LogP contribution in [0.1, 0.15) is 24.0 Å². The molecule has 4 N–H and O–H groups in total. The van der Waals surface area contributed by atoms with Crippen molar-refractivity contribution in [2.75, 3.05) is 10.6 Å². The summed E-state index contributed by atoms with van der Waals surface area (Å²) in [6, 6.07) is 12.8. The van der Waals surface area contributed by atoms with Crippen LogP contribution in [0.3, 0.4) is 0 Å².